The predicted octanol–water partition coefficient (Wildman–Crippen LogP) is 2.01. The van der Waals surface area contributed by atoms with E-state index in [-0.39, 0.29) is 0 Å². The molecule has 0 fully saturated rings. The van der Waals surface area contributed by atoms with E-state index in [0.29, 0.717) is 0 Å². The van der Waals surface area contributed by atoms with Crippen LogP contribution in [0.2, 0.25) is 0 Å². The molecule has 0 unspecified atom stereocenters. The highest BCUT2D eigenvalue weighted by Gasteiger charge is 1.91. The van der Waals surface area contributed by atoms with Gasteiger partial charge in [0.25, 0.3) is 0 Å². The Balaban J connectivity index is 3.17. The molecule has 1 rings (SSSR count). The lowest BCUT2D eigenvalue weighted by atomic mass is 9.97. The van der Waals surface area contributed by atoms with Crippen molar-refractivity contribution in [2.45, 2.75) is 0 Å². The summed E-state index contributed by atoms with van der Waals surface area (Å²) in [5.41, 5.74) is 0.762. The summed E-state index contributed by atoms with van der Waals surface area (Å²) in [7, 11) is 5.52. The van der Waals surface area contributed by atoms with Gasteiger partial charge in [0.05, 0.1) is 0 Å². The van der Waals surface area contributed by atoms with Crippen molar-refractivity contribution in [3.8, 4) is 0 Å². The van der Waals surface area contributed by atoms with Crippen molar-refractivity contribution in [2.24, 2.45) is 0 Å². The molecule has 0 aliphatic heterocycles. The maximum atomic E-state index is 5.52. The number of hydrogen-bond donors (Lipinski definition) is 0. The summed E-state index contributed by atoms with van der Waals surface area (Å²) < 4.78 is 1.96. The first-order valence-electron chi connectivity index (χ1n) is 2.40. The Morgan fingerprint density at radius 2 is 1.89 bits per heavy atom. The summed E-state index contributed by atoms with van der Waals surface area (Å²) in [5, 5.41) is 0. The van der Waals surface area contributed by atoms with Gasteiger partial charge in [-0.1, -0.05) is 43.4 Å². The zero-order valence-electron chi connectivity index (χ0n) is 4.57. The fraction of sp³-hybridized carbons (Fsp3) is 0. The Hall–Kier alpha value is 0.245. The van der Waals surface area contributed by atoms with Crippen LogP contribution in [-0.4, -0.2) is 7.85 Å². The maximum absolute atomic E-state index is 5.52. The van der Waals surface area contributed by atoms with Gasteiger partial charge in [-0.05, 0) is 12.1 Å². The minimum atomic E-state index is 0.762. The molecule has 1 aromatic carbocycles. The molecule has 0 saturated heterocycles. The highest BCUT2D eigenvalue weighted by atomic mass is 79.9. The number of halogens is 2. The van der Waals surface area contributed by atoms with Crippen LogP contribution in [0, 0.1) is 0 Å². The van der Waals surface area contributed by atoms with E-state index < -0.39 is 0 Å². The Kier molecular flexibility index (Phi) is 2.36. The van der Waals surface area contributed by atoms with Crippen LogP contribution in [-0.2, 0) is 0 Å². The molecule has 44 valence electrons. The van der Waals surface area contributed by atoms with E-state index in [4.69, 9.17) is 7.85 Å². The van der Waals surface area contributed by atoms with E-state index in [0.717, 1.165) is 14.4 Å². The predicted molar refractivity (Wildman–Crippen MR) is 47.2 cm³/mol. The summed E-state index contributed by atoms with van der Waals surface area (Å²) >= 11 is 6.60. The van der Waals surface area contributed by atoms with Crippen LogP contribution in [0.4, 0.5) is 0 Å². The molecular weight excluding hydrogens is 243 g/mol. The Morgan fingerprint density at radius 3 is 2.33 bits per heavy atom. The lowest BCUT2D eigenvalue weighted by Gasteiger charge is -1.95. The first kappa shape index (κ1) is 7.35. The van der Waals surface area contributed by atoms with Crippen LogP contribution < -0.4 is 5.46 Å². The standard InChI is InChI=1S/C6H3BBr2/c7-5-2-1-4(8)3-6(5)9/h1-3H. The fourth-order valence-electron chi connectivity index (χ4n) is 0.502. The molecule has 0 aromatic heterocycles. The molecular formula is C6H3BBr2. The zero-order chi connectivity index (χ0) is 6.85. The van der Waals surface area contributed by atoms with Crippen molar-refractivity contribution >= 4 is 45.2 Å². The van der Waals surface area contributed by atoms with Gasteiger partial charge in [-0.2, -0.15) is 0 Å². The van der Waals surface area contributed by atoms with E-state index >= 15 is 0 Å². The van der Waals surface area contributed by atoms with E-state index in [2.05, 4.69) is 31.9 Å². The number of rotatable bonds is 0. The topological polar surface area (TPSA) is 0 Å². The third kappa shape index (κ3) is 1.83. The van der Waals surface area contributed by atoms with Gasteiger partial charge in [-0.15, -0.1) is 0 Å². The van der Waals surface area contributed by atoms with Crippen molar-refractivity contribution < 1.29 is 0 Å². The van der Waals surface area contributed by atoms with Gasteiger partial charge in [0, 0.05) is 8.95 Å². The molecule has 0 nitrogen and oxygen atoms in total. The molecule has 1 aromatic rings. The molecule has 9 heavy (non-hydrogen) atoms. The molecule has 0 spiro atoms. The smallest absolute Gasteiger partial charge is 0.0827 e. The van der Waals surface area contributed by atoms with Gasteiger partial charge in [0.1, 0.15) is 7.85 Å². The van der Waals surface area contributed by atoms with Gasteiger partial charge in [0.2, 0.25) is 0 Å². The average Bonchev–Trinajstić information content (AvgIpc) is 1.80. The van der Waals surface area contributed by atoms with Crippen LogP contribution >= 0.6 is 31.9 Å². The normalized spacial score (nSPS) is 9.56. The van der Waals surface area contributed by atoms with Crippen molar-refractivity contribution in [3.63, 3.8) is 0 Å². The lowest BCUT2D eigenvalue weighted by molar-refractivity contribution is 1.65. The second-order valence-electron chi connectivity index (χ2n) is 1.67. The first-order valence-corrected chi connectivity index (χ1v) is 3.99. The SMILES string of the molecule is [B]c1ccc(Br)cc1Br. The minimum absolute atomic E-state index is 0.762. The number of benzene rings is 1. The summed E-state index contributed by atoms with van der Waals surface area (Å²) in [5.74, 6) is 0. The fourth-order valence-corrected chi connectivity index (χ4v) is 1.55. The summed E-state index contributed by atoms with van der Waals surface area (Å²) in [6.45, 7) is 0. The zero-order valence-corrected chi connectivity index (χ0v) is 7.74. The van der Waals surface area contributed by atoms with Gasteiger partial charge in [-0.25, -0.2) is 0 Å². The van der Waals surface area contributed by atoms with Crippen molar-refractivity contribution in [3.05, 3.63) is 27.1 Å². The van der Waals surface area contributed by atoms with Gasteiger partial charge >= 0.3 is 0 Å². The van der Waals surface area contributed by atoms with Crippen LogP contribution in [0.5, 0.6) is 0 Å². The molecule has 3 heteroatoms. The highest BCUT2D eigenvalue weighted by molar-refractivity contribution is 9.11. The lowest BCUT2D eigenvalue weighted by Crippen LogP contribution is -2.02. The van der Waals surface area contributed by atoms with Gasteiger partial charge in [0.15, 0.2) is 0 Å². The van der Waals surface area contributed by atoms with Gasteiger partial charge in [-0.3, -0.25) is 0 Å². The van der Waals surface area contributed by atoms with Crippen molar-refractivity contribution in [1.29, 1.82) is 0 Å². The summed E-state index contributed by atoms with van der Waals surface area (Å²) in [6.07, 6.45) is 0. The third-order valence-electron chi connectivity index (χ3n) is 0.962. The highest BCUT2D eigenvalue weighted by Crippen LogP contribution is 2.13. The van der Waals surface area contributed by atoms with E-state index in [1.165, 1.54) is 0 Å². The quantitative estimate of drug-likeness (QED) is 0.614. The van der Waals surface area contributed by atoms with Crippen LogP contribution in [0.25, 0.3) is 0 Å². The van der Waals surface area contributed by atoms with Crippen LogP contribution in [0.1, 0.15) is 0 Å². The molecule has 0 aliphatic rings. The van der Waals surface area contributed by atoms with E-state index in [1.807, 2.05) is 18.2 Å². The Morgan fingerprint density at radius 1 is 1.22 bits per heavy atom. The van der Waals surface area contributed by atoms with Crippen LogP contribution in [0.3, 0.4) is 0 Å². The molecule has 0 aliphatic carbocycles. The third-order valence-corrected chi connectivity index (χ3v) is 2.14. The van der Waals surface area contributed by atoms with Crippen molar-refractivity contribution in [2.75, 3.05) is 0 Å². The molecule has 0 saturated carbocycles. The molecule has 0 atom stereocenters. The number of hydrogen-bond acceptors (Lipinski definition) is 0. The largest absolute Gasteiger partial charge is 0.115 e. The maximum Gasteiger partial charge on any atom is 0.115 e. The van der Waals surface area contributed by atoms with Crippen LogP contribution in [0.15, 0.2) is 27.1 Å². The van der Waals surface area contributed by atoms with Gasteiger partial charge < -0.3 is 0 Å². The summed E-state index contributed by atoms with van der Waals surface area (Å²) in [6, 6.07) is 5.66. The second kappa shape index (κ2) is 2.89. The first-order chi connectivity index (χ1) is 4.20. The molecule has 0 amide bonds. The minimum Gasteiger partial charge on any atom is -0.0827 e. The molecule has 0 heterocycles. The van der Waals surface area contributed by atoms with E-state index in [1.54, 1.807) is 0 Å². The Bertz CT molecular complexity index is 222. The van der Waals surface area contributed by atoms with Crippen molar-refractivity contribution in [1.82, 2.24) is 0 Å². The molecule has 0 N–H and O–H groups in total. The molecule has 0 bridgehead atoms. The molecule has 2 radical (unpaired) electrons. The monoisotopic (exact) mass is 244 g/mol. The Labute approximate surface area is 72.3 Å². The average molecular weight is 246 g/mol. The summed E-state index contributed by atoms with van der Waals surface area (Å²) in [4.78, 5) is 0. The second-order valence-corrected chi connectivity index (χ2v) is 3.44. The van der Waals surface area contributed by atoms with E-state index in [9.17, 15) is 0 Å².